The lowest BCUT2D eigenvalue weighted by atomic mass is 9.45. The summed E-state index contributed by atoms with van der Waals surface area (Å²) >= 11 is 0. The van der Waals surface area contributed by atoms with Crippen molar-refractivity contribution < 1.29 is 10.2 Å². The summed E-state index contributed by atoms with van der Waals surface area (Å²) in [5.74, 6) is 1.01. The lowest BCUT2D eigenvalue weighted by Crippen LogP contribution is -2.57. The van der Waals surface area contributed by atoms with Crippen molar-refractivity contribution in [1.82, 2.24) is 0 Å². The maximum atomic E-state index is 10.5. The third-order valence-corrected chi connectivity index (χ3v) is 7.61. The monoisotopic (exact) mass is 304 g/mol. The van der Waals surface area contributed by atoms with Crippen LogP contribution < -0.4 is 0 Å². The van der Waals surface area contributed by atoms with Gasteiger partial charge in [-0.2, -0.15) is 0 Å². The van der Waals surface area contributed by atoms with Crippen molar-refractivity contribution in [2.45, 2.75) is 65.4 Å². The fourth-order valence-corrected chi connectivity index (χ4v) is 5.86. The average molecular weight is 304 g/mol. The molecular weight excluding hydrogens is 272 g/mol. The fourth-order valence-electron chi connectivity index (χ4n) is 5.86. The zero-order chi connectivity index (χ0) is 16.2. The molecule has 2 nitrogen and oxygen atoms in total. The SMILES string of the molecule is C=C[C@]1(C)CC[C@@H]2C(=CC[C@@H]3[C@@]2(C)CC[C@H](O)[C@]3(C)CO)C1. The Hall–Kier alpha value is -0.600. The first-order valence-corrected chi connectivity index (χ1v) is 8.90. The van der Waals surface area contributed by atoms with Gasteiger partial charge in [-0.15, -0.1) is 6.58 Å². The maximum Gasteiger partial charge on any atom is 0.0618 e. The highest BCUT2D eigenvalue weighted by atomic mass is 16.3. The molecule has 0 radical (unpaired) electrons. The van der Waals surface area contributed by atoms with Crippen LogP contribution in [0.3, 0.4) is 0 Å². The molecule has 0 aliphatic heterocycles. The van der Waals surface area contributed by atoms with E-state index < -0.39 is 0 Å². The molecule has 3 aliphatic carbocycles. The number of hydrogen-bond acceptors (Lipinski definition) is 2. The molecule has 0 spiro atoms. The van der Waals surface area contributed by atoms with Crippen LogP contribution in [0.4, 0.5) is 0 Å². The number of rotatable bonds is 2. The van der Waals surface area contributed by atoms with Gasteiger partial charge in [0.2, 0.25) is 0 Å². The summed E-state index contributed by atoms with van der Waals surface area (Å²) in [5, 5.41) is 20.5. The Morgan fingerprint density at radius 2 is 2.00 bits per heavy atom. The normalized spacial score (nSPS) is 51.5. The van der Waals surface area contributed by atoms with Crippen LogP contribution >= 0.6 is 0 Å². The first kappa shape index (κ1) is 16.3. The second-order valence-corrected chi connectivity index (χ2v) is 8.92. The zero-order valence-electron chi connectivity index (χ0n) is 14.4. The van der Waals surface area contributed by atoms with Crippen molar-refractivity contribution in [2.24, 2.45) is 28.1 Å². The van der Waals surface area contributed by atoms with Gasteiger partial charge < -0.3 is 10.2 Å². The Morgan fingerprint density at radius 1 is 1.27 bits per heavy atom. The highest BCUT2D eigenvalue weighted by molar-refractivity contribution is 5.25. The van der Waals surface area contributed by atoms with Crippen LogP contribution in [0.2, 0.25) is 0 Å². The van der Waals surface area contributed by atoms with Crippen molar-refractivity contribution >= 4 is 0 Å². The van der Waals surface area contributed by atoms with Gasteiger partial charge in [0, 0.05) is 5.41 Å². The van der Waals surface area contributed by atoms with Crippen LogP contribution in [0.5, 0.6) is 0 Å². The lowest BCUT2D eigenvalue weighted by molar-refractivity contribution is -0.147. The smallest absolute Gasteiger partial charge is 0.0618 e. The molecule has 3 rings (SSSR count). The molecule has 0 aromatic rings. The second-order valence-electron chi connectivity index (χ2n) is 8.92. The molecule has 6 atom stereocenters. The standard InChI is InChI=1S/C20H32O2/c1-5-18(2)10-8-15-14(12-18)6-7-16-19(15,3)11-9-17(22)20(16,4)13-21/h5-6,15-17,21-22H,1,7-13H2,2-4H3/t15-,16-,17+,18-,19+,20-/m1/s1. The molecule has 124 valence electrons. The van der Waals surface area contributed by atoms with Gasteiger partial charge in [-0.1, -0.05) is 38.5 Å². The van der Waals surface area contributed by atoms with Gasteiger partial charge in [0.15, 0.2) is 0 Å². The number of allylic oxidation sites excluding steroid dienone is 3. The van der Waals surface area contributed by atoms with E-state index in [0.717, 1.165) is 25.7 Å². The van der Waals surface area contributed by atoms with Crippen LogP contribution in [0, 0.1) is 28.1 Å². The second kappa shape index (κ2) is 5.21. The molecule has 0 amide bonds. The average Bonchev–Trinajstić information content (AvgIpc) is 2.51. The molecular formula is C20H32O2. The van der Waals surface area contributed by atoms with E-state index in [1.54, 1.807) is 5.57 Å². The first-order valence-electron chi connectivity index (χ1n) is 8.90. The number of aliphatic hydroxyl groups excluding tert-OH is 2. The zero-order valence-corrected chi connectivity index (χ0v) is 14.4. The predicted octanol–water partition coefficient (Wildman–Crippen LogP) is 4.08. The van der Waals surface area contributed by atoms with Crippen molar-refractivity contribution in [1.29, 1.82) is 0 Å². The largest absolute Gasteiger partial charge is 0.396 e. The van der Waals surface area contributed by atoms with Crippen LogP contribution in [0.1, 0.15) is 59.3 Å². The number of fused-ring (bicyclic) bond motifs is 3. The highest BCUT2D eigenvalue weighted by Gasteiger charge is 2.58. The van der Waals surface area contributed by atoms with Gasteiger partial charge >= 0.3 is 0 Å². The third kappa shape index (κ3) is 2.14. The minimum absolute atomic E-state index is 0.0920. The number of aliphatic hydroxyl groups is 2. The molecule has 0 aromatic carbocycles. The molecule has 2 N–H and O–H groups in total. The van der Waals surface area contributed by atoms with Crippen LogP contribution in [-0.4, -0.2) is 22.9 Å². The van der Waals surface area contributed by atoms with E-state index in [1.165, 1.54) is 12.8 Å². The summed E-state index contributed by atoms with van der Waals surface area (Å²) in [4.78, 5) is 0. The summed E-state index contributed by atoms with van der Waals surface area (Å²) in [6.45, 7) is 11.0. The van der Waals surface area contributed by atoms with Crippen molar-refractivity contribution in [3.05, 3.63) is 24.3 Å². The molecule has 0 heterocycles. The molecule has 0 unspecified atom stereocenters. The molecule has 2 heteroatoms. The Bertz CT molecular complexity index is 496. The van der Waals surface area contributed by atoms with E-state index in [-0.39, 0.29) is 29.0 Å². The Morgan fingerprint density at radius 3 is 2.64 bits per heavy atom. The summed E-state index contributed by atoms with van der Waals surface area (Å²) in [7, 11) is 0. The summed E-state index contributed by atoms with van der Waals surface area (Å²) < 4.78 is 0. The number of hydrogen-bond donors (Lipinski definition) is 2. The summed E-state index contributed by atoms with van der Waals surface area (Å²) in [5.41, 5.74) is 1.74. The molecule has 3 aliphatic rings. The van der Waals surface area contributed by atoms with E-state index in [4.69, 9.17) is 0 Å². The minimum Gasteiger partial charge on any atom is -0.396 e. The van der Waals surface area contributed by atoms with Gasteiger partial charge in [0.1, 0.15) is 0 Å². The summed E-state index contributed by atoms with van der Waals surface area (Å²) in [6.07, 6.45) is 10.7. The van der Waals surface area contributed by atoms with Crippen LogP contribution in [0.25, 0.3) is 0 Å². The van der Waals surface area contributed by atoms with E-state index in [9.17, 15) is 10.2 Å². The molecule has 0 bridgehead atoms. The highest BCUT2D eigenvalue weighted by Crippen LogP contribution is 2.63. The molecule has 22 heavy (non-hydrogen) atoms. The molecule has 0 saturated heterocycles. The van der Waals surface area contributed by atoms with Crippen LogP contribution in [-0.2, 0) is 0 Å². The van der Waals surface area contributed by atoms with E-state index >= 15 is 0 Å². The Balaban J connectivity index is 1.96. The van der Waals surface area contributed by atoms with E-state index in [0.29, 0.717) is 11.8 Å². The fraction of sp³-hybridized carbons (Fsp3) is 0.800. The van der Waals surface area contributed by atoms with Crippen molar-refractivity contribution in [3.63, 3.8) is 0 Å². The Kier molecular flexibility index (Phi) is 3.85. The topological polar surface area (TPSA) is 40.5 Å². The quantitative estimate of drug-likeness (QED) is 0.755. The molecule has 2 saturated carbocycles. The van der Waals surface area contributed by atoms with Gasteiger partial charge in [0.25, 0.3) is 0 Å². The maximum absolute atomic E-state index is 10.5. The molecule has 2 fully saturated rings. The van der Waals surface area contributed by atoms with Gasteiger partial charge in [-0.25, -0.2) is 0 Å². The van der Waals surface area contributed by atoms with Gasteiger partial charge in [0.05, 0.1) is 12.7 Å². The minimum atomic E-state index is -0.368. The van der Waals surface area contributed by atoms with Crippen molar-refractivity contribution in [2.75, 3.05) is 6.61 Å². The summed E-state index contributed by atoms with van der Waals surface area (Å²) in [6, 6.07) is 0. The van der Waals surface area contributed by atoms with E-state index in [1.807, 2.05) is 0 Å². The Labute approximate surface area is 135 Å². The lowest BCUT2D eigenvalue weighted by Gasteiger charge is -2.60. The van der Waals surface area contributed by atoms with Crippen LogP contribution in [0.15, 0.2) is 24.3 Å². The van der Waals surface area contributed by atoms with Gasteiger partial charge in [-0.3, -0.25) is 0 Å². The van der Waals surface area contributed by atoms with Crippen molar-refractivity contribution in [3.8, 4) is 0 Å². The predicted molar refractivity (Wildman–Crippen MR) is 90.4 cm³/mol. The van der Waals surface area contributed by atoms with E-state index in [2.05, 4.69) is 39.5 Å². The molecule has 0 aromatic heterocycles. The first-order chi connectivity index (χ1) is 10.3. The van der Waals surface area contributed by atoms with Gasteiger partial charge in [-0.05, 0) is 61.2 Å². The third-order valence-electron chi connectivity index (χ3n) is 7.61.